The largest absolute Gasteiger partial charge is 0.383 e. The minimum atomic E-state index is 0.694. The number of thiazole rings is 1. The predicted octanol–water partition coefficient (Wildman–Crippen LogP) is 3.18. The van der Waals surface area contributed by atoms with E-state index in [-0.39, 0.29) is 0 Å². The van der Waals surface area contributed by atoms with Gasteiger partial charge in [0.1, 0.15) is 0 Å². The van der Waals surface area contributed by atoms with Gasteiger partial charge >= 0.3 is 0 Å². The SMILES string of the molecule is COCCNc1nc(-c2ccc(C)cc2)cs1. The van der Waals surface area contributed by atoms with Crippen LogP contribution in [0.1, 0.15) is 5.56 Å². The van der Waals surface area contributed by atoms with Gasteiger partial charge in [-0.05, 0) is 6.92 Å². The molecular weight excluding hydrogens is 232 g/mol. The number of rotatable bonds is 5. The Labute approximate surface area is 105 Å². The van der Waals surface area contributed by atoms with Crippen molar-refractivity contribution in [2.24, 2.45) is 0 Å². The lowest BCUT2D eigenvalue weighted by Crippen LogP contribution is -2.06. The zero-order valence-electron chi connectivity index (χ0n) is 10.1. The average Bonchev–Trinajstić information content (AvgIpc) is 2.79. The molecule has 0 aliphatic heterocycles. The molecule has 0 radical (unpaired) electrons. The quantitative estimate of drug-likeness (QED) is 0.825. The van der Waals surface area contributed by atoms with Gasteiger partial charge in [-0.3, -0.25) is 0 Å². The second kappa shape index (κ2) is 5.80. The zero-order chi connectivity index (χ0) is 12.1. The summed E-state index contributed by atoms with van der Waals surface area (Å²) in [6, 6.07) is 8.41. The molecule has 3 nitrogen and oxygen atoms in total. The summed E-state index contributed by atoms with van der Waals surface area (Å²) in [7, 11) is 1.70. The maximum Gasteiger partial charge on any atom is 0.183 e. The van der Waals surface area contributed by atoms with E-state index in [1.807, 2.05) is 0 Å². The normalized spacial score (nSPS) is 10.5. The number of benzene rings is 1. The Hall–Kier alpha value is -1.39. The highest BCUT2D eigenvalue weighted by molar-refractivity contribution is 7.14. The first-order valence-corrected chi connectivity index (χ1v) is 6.43. The lowest BCUT2D eigenvalue weighted by molar-refractivity contribution is 0.211. The summed E-state index contributed by atoms with van der Waals surface area (Å²) in [5.74, 6) is 0. The highest BCUT2D eigenvalue weighted by Crippen LogP contribution is 2.24. The van der Waals surface area contributed by atoms with Gasteiger partial charge in [-0.25, -0.2) is 4.98 Å². The molecule has 0 saturated carbocycles. The van der Waals surface area contributed by atoms with Crippen LogP contribution < -0.4 is 5.32 Å². The lowest BCUT2D eigenvalue weighted by atomic mass is 10.1. The van der Waals surface area contributed by atoms with Gasteiger partial charge in [0.2, 0.25) is 0 Å². The third kappa shape index (κ3) is 3.28. The van der Waals surface area contributed by atoms with Crippen LogP contribution in [0.2, 0.25) is 0 Å². The molecule has 0 unspecified atom stereocenters. The molecule has 0 aliphatic carbocycles. The minimum absolute atomic E-state index is 0.694. The number of aromatic nitrogens is 1. The summed E-state index contributed by atoms with van der Waals surface area (Å²) >= 11 is 1.62. The van der Waals surface area contributed by atoms with Crippen LogP contribution >= 0.6 is 11.3 Å². The summed E-state index contributed by atoms with van der Waals surface area (Å²) < 4.78 is 4.98. The van der Waals surface area contributed by atoms with E-state index < -0.39 is 0 Å². The van der Waals surface area contributed by atoms with Gasteiger partial charge in [-0.2, -0.15) is 0 Å². The van der Waals surface area contributed by atoms with Crippen LogP contribution in [0, 0.1) is 6.92 Å². The molecule has 1 aromatic heterocycles. The van der Waals surface area contributed by atoms with Crippen molar-refractivity contribution in [1.29, 1.82) is 0 Å². The Balaban J connectivity index is 2.04. The van der Waals surface area contributed by atoms with Crippen molar-refractivity contribution in [3.8, 4) is 11.3 Å². The fourth-order valence-corrected chi connectivity index (χ4v) is 2.22. The minimum Gasteiger partial charge on any atom is -0.383 e. The van der Waals surface area contributed by atoms with Crippen LogP contribution in [0.25, 0.3) is 11.3 Å². The van der Waals surface area contributed by atoms with Crippen molar-refractivity contribution in [3.63, 3.8) is 0 Å². The smallest absolute Gasteiger partial charge is 0.183 e. The molecule has 2 rings (SSSR count). The van der Waals surface area contributed by atoms with Crippen molar-refractivity contribution >= 4 is 16.5 Å². The van der Waals surface area contributed by atoms with Gasteiger partial charge < -0.3 is 10.1 Å². The van der Waals surface area contributed by atoms with E-state index in [9.17, 15) is 0 Å². The van der Waals surface area contributed by atoms with E-state index >= 15 is 0 Å². The number of hydrogen-bond donors (Lipinski definition) is 1. The molecule has 0 amide bonds. The molecular formula is C13H16N2OS. The van der Waals surface area contributed by atoms with Crippen LogP contribution in [0.3, 0.4) is 0 Å². The molecule has 0 saturated heterocycles. The molecule has 0 spiro atoms. The fourth-order valence-electron chi connectivity index (χ4n) is 1.47. The van der Waals surface area contributed by atoms with Gasteiger partial charge in [0, 0.05) is 24.6 Å². The second-order valence-corrected chi connectivity index (χ2v) is 4.68. The van der Waals surface area contributed by atoms with E-state index in [2.05, 4.69) is 46.9 Å². The van der Waals surface area contributed by atoms with Crippen molar-refractivity contribution in [1.82, 2.24) is 4.98 Å². The highest BCUT2D eigenvalue weighted by atomic mass is 32.1. The third-order valence-electron chi connectivity index (χ3n) is 2.43. The molecule has 0 aliphatic rings. The summed E-state index contributed by atoms with van der Waals surface area (Å²) in [5, 5.41) is 6.24. The molecule has 1 N–H and O–H groups in total. The third-order valence-corrected chi connectivity index (χ3v) is 3.23. The average molecular weight is 248 g/mol. The molecule has 1 aromatic carbocycles. The van der Waals surface area contributed by atoms with Crippen molar-refractivity contribution in [2.45, 2.75) is 6.92 Å². The molecule has 0 bridgehead atoms. The first-order valence-electron chi connectivity index (χ1n) is 5.55. The van der Waals surface area contributed by atoms with E-state index in [0.29, 0.717) is 6.61 Å². The first-order chi connectivity index (χ1) is 8.29. The maximum atomic E-state index is 4.98. The monoisotopic (exact) mass is 248 g/mol. The zero-order valence-corrected chi connectivity index (χ0v) is 10.9. The highest BCUT2D eigenvalue weighted by Gasteiger charge is 2.03. The first kappa shape index (κ1) is 12.1. The van der Waals surface area contributed by atoms with Crippen LogP contribution in [0.5, 0.6) is 0 Å². The number of ether oxygens (including phenoxy) is 1. The van der Waals surface area contributed by atoms with E-state index in [4.69, 9.17) is 4.74 Å². The Morgan fingerprint density at radius 2 is 2.06 bits per heavy atom. The van der Waals surface area contributed by atoms with Gasteiger partial charge in [0.05, 0.1) is 12.3 Å². The predicted molar refractivity (Wildman–Crippen MR) is 72.7 cm³/mol. The van der Waals surface area contributed by atoms with Gasteiger partial charge in [-0.15, -0.1) is 11.3 Å². The van der Waals surface area contributed by atoms with Gasteiger partial charge in [-0.1, -0.05) is 29.8 Å². The fraction of sp³-hybridized carbons (Fsp3) is 0.308. The maximum absolute atomic E-state index is 4.98. The number of nitrogens with one attached hydrogen (secondary N) is 1. The lowest BCUT2D eigenvalue weighted by Gasteiger charge is -2.00. The molecule has 2 aromatic rings. The van der Waals surface area contributed by atoms with Crippen molar-refractivity contribution < 1.29 is 4.74 Å². The topological polar surface area (TPSA) is 34.1 Å². The van der Waals surface area contributed by atoms with Gasteiger partial charge in [0.15, 0.2) is 5.13 Å². The number of nitrogens with zero attached hydrogens (tertiary/aromatic N) is 1. The van der Waals surface area contributed by atoms with Crippen LogP contribution in [0.15, 0.2) is 29.6 Å². The van der Waals surface area contributed by atoms with Crippen LogP contribution in [-0.4, -0.2) is 25.2 Å². The summed E-state index contributed by atoms with van der Waals surface area (Å²) in [6.45, 7) is 3.57. The van der Waals surface area contributed by atoms with Crippen molar-refractivity contribution in [2.75, 3.05) is 25.6 Å². The molecule has 1 heterocycles. The number of hydrogen-bond acceptors (Lipinski definition) is 4. The van der Waals surface area contributed by atoms with Gasteiger partial charge in [0.25, 0.3) is 0 Å². The molecule has 17 heavy (non-hydrogen) atoms. The Morgan fingerprint density at radius 1 is 1.29 bits per heavy atom. The number of methoxy groups -OCH3 is 1. The van der Waals surface area contributed by atoms with Crippen molar-refractivity contribution in [3.05, 3.63) is 35.2 Å². The molecule has 90 valence electrons. The Kier molecular flexibility index (Phi) is 4.12. The van der Waals surface area contributed by atoms with E-state index in [1.165, 1.54) is 5.56 Å². The Morgan fingerprint density at radius 3 is 2.76 bits per heavy atom. The standard InChI is InChI=1S/C13H16N2OS/c1-10-3-5-11(6-4-10)12-9-17-13(15-12)14-7-8-16-2/h3-6,9H,7-8H2,1-2H3,(H,14,15). The number of anilines is 1. The van der Waals surface area contributed by atoms with Crippen LogP contribution in [0.4, 0.5) is 5.13 Å². The number of aryl methyl sites for hydroxylation is 1. The van der Waals surface area contributed by atoms with E-state index in [0.717, 1.165) is 22.9 Å². The summed E-state index contributed by atoms with van der Waals surface area (Å²) in [4.78, 5) is 4.53. The molecule has 4 heteroatoms. The second-order valence-electron chi connectivity index (χ2n) is 3.82. The Bertz CT molecular complexity index is 465. The summed E-state index contributed by atoms with van der Waals surface area (Å²) in [5.41, 5.74) is 3.45. The molecule has 0 atom stereocenters. The van der Waals surface area contributed by atoms with Crippen LogP contribution in [-0.2, 0) is 4.74 Å². The summed E-state index contributed by atoms with van der Waals surface area (Å²) in [6.07, 6.45) is 0. The van der Waals surface area contributed by atoms with E-state index in [1.54, 1.807) is 18.4 Å². The molecule has 0 fully saturated rings.